The van der Waals surface area contributed by atoms with E-state index in [-0.39, 0.29) is 88.5 Å². The summed E-state index contributed by atoms with van der Waals surface area (Å²) >= 11 is 0. The van der Waals surface area contributed by atoms with Gasteiger partial charge in [0.2, 0.25) is 5.78 Å². The molecule has 2 aliphatic rings. The molecule has 0 fully saturated rings. The summed E-state index contributed by atoms with van der Waals surface area (Å²) in [5, 5.41) is 0.244. The van der Waals surface area contributed by atoms with Crippen molar-refractivity contribution in [2.45, 2.75) is 12.8 Å². The topological polar surface area (TPSA) is 149 Å². The number of carbonyl (C=O) groups excluding carboxylic acids is 2. The van der Waals surface area contributed by atoms with Crippen molar-refractivity contribution in [3.63, 3.8) is 0 Å². The van der Waals surface area contributed by atoms with Gasteiger partial charge in [-0.2, -0.15) is 0 Å². The fourth-order valence-electron chi connectivity index (χ4n) is 2.72. The molecule has 0 amide bonds. The van der Waals surface area contributed by atoms with Crippen LogP contribution < -0.4 is 69.6 Å². The Morgan fingerprint density at radius 1 is 0.923 bits per heavy atom. The second-order valence-corrected chi connectivity index (χ2v) is 8.00. The van der Waals surface area contributed by atoms with Gasteiger partial charge in [0.1, 0.15) is 35.8 Å². The van der Waals surface area contributed by atoms with Gasteiger partial charge in [0, 0.05) is 18.1 Å². The molecular weight excluding hydrogens is 406 g/mol. The van der Waals surface area contributed by atoms with Crippen LogP contribution in [-0.2, 0) is 36.2 Å². The van der Waals surface area contributed by atoms with Crippen LogP contribution in [0.1, 0.15) is 17.5 Å². The first-order valence-electron chi connectivity index (χ1n) is 6.56. The van der Waals surface area contributed by atoms with Gasteiger partial charge in [0.15, 0.2) is 0 Å². The van der Waals surface area contributed by atoms with Crippen LogP contribution >= 0.6 is 0 Å². The minimum absolute atomic E-state index is 0. The SMILES string of the molecule is O=C1CC=c2cc3c(cc2C1)=C(S(=O)(=O)[O-])C(=O)C(S(=O)(=O)[O-])=C3.[Na+].[Na+]. The van der Waals surface area contributed by atoms with Crippen LogP contribution in [0.3, 0.4) is 0 Å². The normalized spacial score (nSPS) is 16.4. The third-order valence-electron chi connectivity index (χ3n) is 3.73. The summed E-state index contributed by atoms with van der Waals surface area (Å²) in [6.07, 6.45) is 2.45. The van der Waals surface area contributed by atoms with Gasteiger partial charge in [0.25, 0.3) is 0 Å². The molecule has 0 bridgehead atoms. The van der Waals surface area contributed by atoms with Gasteiger partial charge in [-0.25, -0.2) is 16.8 Å². The predicted octanol–water partition coefficient (Wildman–Crippen LogP) is -7.89. The molecule has 0 saturated carbocycles. The van der Waals surface area contributed by atoms with Gasteiger partial charge in [-0.1, -0.05) is 6.08 Å². The molecule has 12 heteroatoms. The Kier molecular flexibility index (Phi) is 7.42. The minimum atomic E-state index is -5.34. The van der Waals surface area contributed by atoms with Crippen LogP contribution in [0, 0.1) is 0 Å². The van der Waals surface area contributed by atoms with Crippen molar-refractivity contribution >= 4 is 48.9 Å². The zero-order chi connectivity index (χ0) is 17.9. The second-order valence-electron chi connectivity index (χ2n) is 5.34. The van der Waals surface area contributed by atoms with Gasteiger partial charge in [0.05, 0.1) is 0 Å². The number of hydrogen-bond donors (Lipinski definition) is 0. The van der Waals surface area contributed by atoms with E-state index in [0.717, 1.165) is 6.08 Å². The van der Waals surface area contributed by atoms with Crippen LogP contribution in [-0.4, -0.2) is 37.5 Å². The Hall–Kier alpha value is -0.140. The van der Waals surface area contributed by atoms with Crippen molar-refractivity contribution in [1.82, 2.24) is 0 Å². The van der Waals surface area contributed by atoms with Crippen molar-refractivity contribution in [3.05, 3.63) is 38.6 Å². The zero-order valence-electron chi connectivity index (χ0n) is 13.8. The smallest absolute Gasteiger partial charge is 0.744 e. The third-order valence-corrected chi connectivity index (χ3v) is 5.48. The van der Waals surface area contributed by atoms with Gasteiger partial charge in [-0.3, -0.25) is 9.59 Å². The molecule has 1 aromatic carbocycles. The quantitative estimate of drug-likeness (QED) is 0.342. The number of fused-ring (bicyclic) bond motifs is 2. The van der Waals surface area contributed by atoms with E-state index in [1.807, 2.05) is 0 Å². The van der Waals surface area contributed by atoms with Crippen LogP contribution in [0.15, 0.2) is 17.0 Å². The maximum absolute atomic E-state index is 12.1. The van der Waals surface area contributed by atoms with E-state index >= 15 is 0 Å². The molecule has 0 atom stereocenters. The molecule has 0 aromatic heterocycles. The molecule has 0 aliphatic heterocycles. The summed E-state index contributed by atoms with van der Waals surface area (Å²) in [5.74, 6) is -1.78. The fourth-order valence-corrected chi connectivity index (χ4v) is 4.17. The molecule has 0 saturated heterocycles. The van der Waals surface area contributed by atoms with Crippen LogP contribution in [0.25, 0.3) is 17.1 Å². The molecule has 0 spiro atoms. The van der Waals surface area contributed by atoms with Crippen molar-refractivity contribution in [1.29, 1.82) is 0 Å². The molecule has 0 heterocycles. The Bertz CT molecular complexity index is 1180. The number of rotatable bonds is 2. The van der Waals surface area contributed by atoms with E-state index in [2.05, 4.69) is 0 Å². The molecule has 0 N–H and O–H groups in total. The Balaban J connectivity index is 0.00000169. The van der Waals surface area contributed by atoms with Crippen molar-refractivity contribution in [2.24, 2.45) is 0 Å². The largest absolute Gasteiger partial charge is 1.00 e. The summed E-state index contributed by atoms with van der Waals surface area (Å²) in [6.45, 7) is 0. The first-order chi connectivity index (χ1) is 11.0. The van der Waals surface area contributed by atoms with E-state index < -0.39 is 35.8 Å². The van der Waals surface area contributed by atoms with E-state index in [4.69, 9.17) is 0 Å². The first-order valence-corrected chi connectivity index (χ1v) is 9.37. The molecule has 1 aromatic rings. The summed E-state index contributed by atoms with van der Waals surface area (Å²) in [4.78, 5) is 21.0. The molecule has 126 valence electrons. The average molecular weight is 414 g/mol. The molecular formula is C14H8Na2O8S2. The molecule has 2 aliphatic carbocycles. The molecule has 3 rings (SSSR count). The maximum atomic E-state index is 12.1. The van der Waals surface area contributed by atoms with Crippen molar-refractivity contribution in [3.8, 4) is 0 Å². The molecule has 0 unspecified atom stereocenters. The number of ketones is 2. The standard InChI is InChI=1S/C14H10O8S2.2Na/c15-10-2-1-7-3-9-6-12(23(17,18)19)13(16)14(24(20,21)22)11(9)5-8(7)4-10;;/h1,3,5-6H,2,4H2,(H,17,18,19)(H,20,21,22);;/q;2*+1/p-2. The van der Waals surface area contributed by atoms with Crippen molar-refractivity contribution in [2.75, 3.05) is 0 Å². The molecule has 8 nitrogen and oxygen atoms in total. The van der Waals surface area contributed by atoms with E-state index in [0.29, 0.717) is 10.8 Å². The van der Waals surface area contributed by atoms with Crippen LogP contribution in [0.2, 0.25) is 0 Å². The fraction of sp³-hybridized carbons (Fsp3) is 0.143. The summed E-state index contributed by atoms with van der Waals surface area (Å²) in [5.41, 5.74) is 0.364. The number of allylic oxidation sites excluding steroid dienone is 1. The first kappa shape index (κ1) is 23.9. The van der Waals surface area contributed by atoms with Gasteiger partial charge >= 0.3 is 59.1 Å². The van der Waals surface area contributed by atoms with Gasteiger partial charge < -0.3 is 9.11 Å². The van der Waals surface area contributed by atoms with Crippen LogP contribution in [0.4, 0.5) is 0 Å². The Morgan fingerprint density at radius 3 is 2.08 bits per heavy atom. The number of benzene rings is 1. The van der Waals surface area contributed by atoms with Crippen LogP contribution in [0.5, 0.6) is 0 Å². The molecule has 0 radical (unpaired) electrons. The van der Waals surface area contributed by atoms with Crippen molar-refractivity contribution < 1.29 is 94.6 Å². The molecule has 26 heavy (non-hydrogen) atoms. The van der Waals surface area contributed by atoms with Gasteiger partial charge in [-0.15, -0.1) is 0 Å². The monoisotopic (exact) mass is 414 g/mol. The van der Waals surface area contributed by atoms with Gasteiger partial charge in [-0.05, 0) is 34.6 Å². The average Bonchev–Trinajstić information content (AvgIpc) is 2.42. The Labute approximate surface area is 193 Å². The maximum Gasteiger partial charge on any atom is 1.00 e. The Morgan fingerprint density at radius 2 is 1.54 bits per heavy atom. The number of hydrogen-bond acceptors (Lipinski definition) is 8. The van der Waals surface area contributed by atoms with E-state index in [9.17, 15) is 35.5 Å². The number of carbonyl (C=O) groups is 2. The summed E-state index contributed by atoms with van der Waals surface area (Å²) < 4.78 is 68.0. The van der Waals surface area contributed by atoms with E-state index in [1.54, 1.807) is 6.08 Å². The second kappa shape index (κ2) is 8.08. The zero-order valence-corrected chi connectivity index (χ0v) is 19.4. The third kappa shape index (κ3) is 4.46. The number of Topliss-reactive ketones (excluding diaryl/α,β-unsaturated/α-hetero) is 2. The predicted molar refractivity (Wildman–Crippen MR) is 79.3 cm³/mol. The summed E-state index contributed by atoms with van der Waals surface area (Å²) in [7, 11) is -10.6. The van der Waals surface area contributed by atoms with E-state index in [1.165, 1.54) is 12.1 Å². The minimum Gasteiger partial charge on any atom is -0.744 e. The summed E-state index contributed by atoms with van der Waals surface area (Å²) in [6, 6.07) is 2.55.